The summed E-state index contributed by atoms with van der Waals surface area (Å²) < 4.78 is 30.7. The minimum atomic E-state index is -3.66. The number of nitrogens with one attached hydrogen (secondary N) is 1. The molecule has 160 valence electrons. The fourth-order valence-electron chi connectivity index (χ4n) is 2.33. The van der Waals surface area contributed by atoms with Gasteiger partial charge in [-0.15, -0.1) is 0 Å². The maximum Gasteiger partial charge on any atom is 0.331 e. The molecule has 2 aromatic rings. The van der Waals surface area contributed by atoms with E-state index in [9.17, 15) is 18.0 Å². The van der Waals surface area contributed by atoms with Crippen molar-refractivity contribution in [3.8, 4) is 0 Å². The molecule has 0 bridgehead atoms. The summed E-state index contributed by atoms with van der Waals surface area (Å²) in [6.07, 6.45) is 2.58. The van der Waals surface area contributed by atoms with Crippen molar-refractivity contribution in [2.45, 2.75) is 11.8 Å². The Hall–Kier alpha value is -2.39. The number of carbonyl (C=O) groups excluding carboxylic acids is 2. The van der Waals surface area contributed by atoms with Crippen molar-refractivity contribution in [1.82, 2.24) is 4.31 Å². The summed E-state index contributed by atoms with van der Waals surface area (Å²) in [7, 11) is -0.821. The van der Waals surface area contributed by atoms with E-state index in [-0.39, 0.29) is 10.6 Å². The van der Waals surface area contributed by atoms with Crippen LogP contribution in [0, 0.1) is 6.92 Å². The summed E-state index contributed by atoms with van der Waals surface area (Å²) >= 11 is 11.8. The van der Waals surface area contributed by atoms with Crippen molar-refractivity contribution in [3.63, 3.8) is 0 Å². The van der Waals surface area contributed by atoms with E-state index in [0.717, 1.165) is 10.4 Å². The monoisotopic (exact) mass is 470 g/mol. The van der Waals surface area contributed by atoms with Gasteiger partial charge in [0.25, 0.3) is 5.91 Å². The highest BCUT2D eigenvalue weighted by molar-refractivity contribution is 7.89. The number of rotatable bonds is 7. The van der Waals surface area contributed by atoms with E-state index in [1.807, 2.05) is 0 Å². The van der Waals surface area contributed by atoms with E-state index in [4.69, 9.17) is 27.9 Å². The Morgan fingerprint density at radius 2 is 1.83 bits per heavy atom. The predicted molar refractivity (Wildman–Crippen MR) is 117 cm³/mol. The van der Waals surface area contributed by atoms with Crippen molar-refractivity contribution in [2.24, 2.45) is 0 Å². The fraction of sp³-hybridized carbons (Fsp3) is 0.200. The first-order chi connectivity index (χ1) is 14.0. The van der Waals surface area contributed by atoms with Crippen molar-refractivity contribution < 1.29 is 22.7 Å². The summed E-state index contributed by atoms with van der Waals surface area (Å²) in [5.74, 6) is -1.35. The van der Waals surface area contributed by atoms with Gasteiger partial charge in [-0.25, -0.2) is 17.5 Å². The molecule has 1 amide bonds. The molecule has 7 nitrogen and oxygen atoms in total. The number of hydrogen-bond donors (Lipinski definition) is 1. The molecule has 30 heavy (non-hydrogen) atoms. The van der Waals surface area contributed by atoms with E-state index in [0.29, 0.717) is 21.2 Å². The number of halogens is 2. The largest absolute Gasteiger partial charge is 0.452 e. The smallest absolute Gasteiger partial charge is 0.331 e. The van der Waals surface area contributed by atoms with Gasteiger partial charge in [-0.2, -0.15) is 0 Å². The number of ether oxygens (including phenoxy) is 1. The van der Waals surface area contributed by atoms with Crippen LogP contribution in [0.5, 0.6) is 0 Å². The Morgan fingerprint density at radius 3 is 2.47 bits per heavy atom. The first-order valence-corrected chi connectivity index (χ1v) is 10.8. The molecular weight excluding hydrogens is 451 g/mol. The maximum absolute atomic E-state index is 12.4. The van der Waals surface area contributed by atoms with Crippen LogP contribution < -0.4 is 5.32 Å². The van der Waals surface area contributed by atoms with E-state index in [1.54, 1.807) is 31.2 Å². The van der Waals surface area contributed by atoms with E-state index in [1.165, 1.54) is 32.3 Å². The minimum Gasteiger partial charge on any atom is -0.452 e. The average molecular weight is 471 g/mol. The van der Waals surface area contributed by atoms with Crippen LogP contribution in [0.1, 0.15) is 11.1 Å². The van der Waals surface area contributed by atoms with Crippen LogP contribution in [-0.2, 0) is 24.3 Å². The van der Waals surface area contributed by atoms with E-state index >= 15 is 0 Å². The molecule has 0 aliphatic carbocycles. The third-order valence-corrected chi connectivity index (χ3v) is 6.46. The molecule has 2 aromatic carbocycles. The van der Waals surface area contributed by atoms with Crippen LogP contribution in [0.25, 0.3) is 6.08 Å². The van der Waals surface area contributed by atoms with Crippen molar-refractivity contribution in [2.75, 3.05) is 26.0 Å². The molecule has 1 N–H and O–H groups in total. The van der Waals surface area contributed by atoms with Gasteiger partial charge in [0.1, 0.15) is 0 Å². The Labute approximate surface area is 185 Å². The van der Waals surface area contributed by atoms with Gasteiger partial charge < -0.3 is 10.1 Å². The number of benzene rings is 2. The van der Waals surface area contributed by atoms with Crippen LogP contribution in [0.2, 0.25) is 10.0 Å². The number of anilines is 1. The molecule has 0 aliphatic heterocycles. The second-order valence-electron chi connectivity index (χ2n) is 6.42. The SMILES string of the molecule is Cc1ccc(NC(=O)COC(=O)C=Cc2ccc(Cl)cc2Cl)cc1S(=O)(=O)N(C)C. The van der Waals surface area contributed by atoms with Gasteiger partial charge in [0.15, 0.2) is 6.61 Å². The lowest BCUT2D eigenvalue weighted by molar-refractivity contribution is -0.142. The molecule has 0 aromatic heterocycles. The van der Waals surface area contributed by atoms with Crippen LogP contribution in [0.3, 0.4) is 0 Å². The third kappa shape index (κ3) is 6.30. The lowest BCUT2D eigenvalue weighted by Gasteiger charge is -2.15. The molecular formula is C20H20Cl2N2O5S. The topological polar surface area (TPSA) is 92.8 Å². The van der Waals surface area contributed by atoms with Crippen molar-refractivity contribution in [1.29, 1.82) is 0 Å². The fourth-order valence-corrected chi connectivity index (χ4v) is 3.94. The molecule has 0 saturated carbocycles. The van der Waals surface area contributed by atoms with E-state index < -0.39 is 28.5 Å². The summed E-state index contributed by atoms with van der Waals surface area (Å²) in [5, 5.41) is 3.34. The van der Waals surface area contributed by atoms with Gasteiger partial charge in [-0.05, 0) is 48.4 Å². The zero-order valence-corrected chi connectivity index (χ0v) is 18.8. The number of carbonyl (C=O) groups is 2. The highest BCUT2D eigenvalue weighted by Crippen LogP contribution is 2.23. The Balaban J connectivity index is 1.98. The number of sulfonamides is 1. The van der Waals surface area contributed by atoms with E-state index in [2.05, 4.69) is 5.32 Å². The number of amides is 1. The zero-order chi connectivity index (χ0) is 22.5. The Kier molecular flexibility index (Phi) is 8.03. The van der Waals surface area contributed by atoms with Crippen molar-refractivity contribution >= 4 is 56.9 Å². The van der Waals surface area contributed by atoms with Crippen LogP contribution in [0.4, 0.5) is 5.69 Å². The Morgan fingerprint density at radius 1 is 1.13 bits per heavy atom. The summed E-state index contributed by atoms with van der Waals surface area (Å²) in [6.45, 7) is 1.12. The molecule has 0 heterocycles. The van der Waals surface area contributed by atoms with Gasteiger partial charge in [0.2, 0.25) is 10.0 Å². The third-order valence-electron chi connectivity index (χ3n) is 3.94. The van der Waals surface area contributed by atoms with Gasteiger partial charge in [0, 0.05) is 35.9 Å². The molecule has 0 radical (unpaired) electrons. The van der Waals surface area contributed by atoms with Gasteiger partial charge in [-0.3, -0.25) is 4.79 Å². The minimum absolute atomic E-state index is 0.0741. The standard InChI is InChI=1S/C20H20Cl2N2O5S/c1-13-4-8-16(11-18(13)30(27,28)24(2)3)23-19(25)12-29-20(26)9-6-14-5-7-15(21)10-17(14)22/h4-11H,12H2,1-3H3,(H,23,25). The quantitative estimate of drug-likeness (QED) is 0.491. The number of hydrogen-bond acceptors (Lipinski definition) is 5. The maximum atomic E-state index is 12.4. The van der Waals surface area contributed by atoms with Gasteiger partial charge >= 0.3 is 5.97 Å². The molecule has 2 rings (SSSR count). The van der Waals surface area contributed by atoms with Gasteiger partial charge in [0.05, 0.1) is 4.90 Å². The molecule has 10 heteroatoms. The number of aryl methyl sites for hydroxylation is 1. The van der Waals surface area contributed by atoms with Crippen LogP contribution in [0.15, 0.2) is 47.4 Å². The molecule has 0 fully saturated rings. The normalized spacial score (nSPS) is 11.7. The molecule has 0 atom stereocenters. The molecule has 0 unspecified atom stereocenters. The van der Waals surface area contributed by atoms with Crippen LogP contribution >= 0.6 is 23.2 Å². The highest BCUT2D eigenvalue weighted by atomic mass is 35.5. The summed E-state index contributed by atoms with van der Waals surface area (Å²) in [4.78, 5) is 23.9. The number of nitrogens with zero attached hydrogens (tertiary/aromatic N) is 1. The molecule has 0 saturated heterocycles. The van der Waals surface area contributed by atoms with Crippen molar-refractivity contribution in [3.05, 3.63) is 63.6 Å². The lowest BCUT2D eigenvalue weighted by atomic mass is 10.2. The zero-order valence-electron chi connectivity index (χ0n) is 16.5. The lowest BCUT2D eigenvalue weighted by Crippen LogP contribution is -2.24. The molecule has 0 spiro atoms. The summed E-state index contributed by atoms with van der Waals surface area (Å²) in [6, 6.07) is 9.29. The summed E-state index contributed by atoms with van der Waals surface area (Å²) in [5.41, 5.74) is 1.38. The average Bonchev–Trinajstić information content (AvgIpc) is 2.67. The second-order valence-corrected chi connectivity index (χ2v) is 9.39. The predicted octanol–water partition coefficient (Wildman–Crippen LogP) is 3.75. The Bertz CT molecular complexity index is 1100. The second kappa shape index (κ2) is 10.1. The first kappa shape index (κ1) is 23.9. The van der Waals surface area contributed by atoms with Crippen LogP contribution in [-0.4, -0.2) is 45.3 Å². The number of esters is 1. The highest BCUT2D eigenvalue weighted by Gasteiger charge is 2.20. The first-order valence-electron chi connectivity index (χ1n) is 8.63. The molecule has 0 aliphatic rings. The van der Waals surface area contributed by atoms with Gasteiger partial charge in [-0.1, -0.05) is 35.3 Å².